The average molecular weight is 1170 g/mol. The molecule has 0 saturated carbocycles. The van der Waals surface area contributed by atoms with Crippen LogP contribution in [0.3, 0.4) is 0 Å². The van der Waals surface area contributed by atoms with Crippen LogP contribution in [0.25, 0.3) is 44.1 Å². The second kappa shape index (κ2) is 31.4. The molecule has 0 atom stereocenters. The number of nitrogens with one attached hydrogen (secondary N) is 2. The quantitative estimate of drug-likeness (QED) is 0.0387. The molecule has 2 saturated heterocycles. The Bertz CT molecular complexity index is 3620. The SMILES string of the molecule is CCC(=C(c1ccc(OCCCC/C=C/C(=O)N2CCCCC2)cc1)c1ccc2[nH]ncc2c1)c1ccccc1.CCC(=C(c1ccc(OCCN(C/C=C/C(=O)N2CCCCC2)C(=O)OC(C)(C)C)cc1)c1ccc2[nH]ncc2c1)c1ccccc1. The second-order valence-corrected chi connectivity index (χ2v) is 23.2. The fraction of sp³-hybridized carbons (Fsp3) is 0.338. The van der Waals surface area contributed by atoms with Crippen molar-refractivity contribution in [2.24, 2.45) is 0 Å². The van der Waals surface area contributed by atoms with Crippen molar-refractivity contribution in [2.75, 3.05) is 52.5 Å². The number of likely N-dealkylation sites (tertiary alicyclic amines) is 2. The number of fused-ring (bicyclic) bond motifs is 2. The number of carbonyl (C=O) groups is 3. The number of rotatable bonds is 22. The average Bonchev–Trinajstić information content (AvgIpc) is 2.66. The molecular weight excluding hydrogens is 1080 g/mol. The number of ether oxygens (including phenoxy) is 3. The van der Waals surface area contributed by atoms with Crippen LogP contribution in [0.4, 0.5) is 4.79 Å². The van der Waals surface area contributed by atoms with Gasteiger partial charge in [-0.1, -0.05) is 123 Å². The fourth-order valence-electron chi connectivity index (χ4n) is 11.3. The number of amides is 3. The highest BCUT2D eigenvalue weighted by molar-refractivity contribution is 6.02. The third-order valence-electron chi connectivity index (χ3n) is 15.8. The van der Waals surface area contributed by atoms with E-state index in [2.05, 4.69) is 162 Å². The zero-order valence-electron chi connectivity index (χ0n) is 51.4. The third-order valence-corrected chi connectivity index (χ3v) is 15.8. The number of hydrogen-bond donors (Lipinski definition) is 2. The molecule has 87 heavy (non-hydrogen) atoms. The molecule has 0 spiro atoms. The summed E-state index contributed by atoms with van der Waals surface area (Å²) in [6.07, 6.45) is 21.7. The first-order valence-corrected chi connectivity index (χ1v) is 31.2. The Balaban J connectivity index is 0.000000210. The smallest absolute Gasteiger partial charge is 0.410 e. The van der Waals surface area contributed by atoms with Gasteiger partial charge in [0.2, 0.25) is 11.8 Å². The zero-order chi connectivity index (χ0) is 60.8. The molecule has 13 nitrogen and oxygen atoms in total. The number of unbranched alkanes of at least 4 members (excludes halogenated alkanes) is 2. The molecule has 3 amide bonds. The standard InChI is InChI=1S/C39H46N4O4.C35H39N3O2/c1-5-34(29-13-8-6-9-14-29)37(31-18-21-35-32(27-31)28-40-41-35)30-16-19-33(20-17-30)46-26-25-43(38(45)47-39(2,3)4)24-12-15-36(44)42-22-10-7-11-23-42;1-2-32(27-13-7-5-8-14-27)35(29-18-21-33-30(25-29)26-36-37-33)28-16-19-31(20-17-28)40-24-12-4-3-9-15-34(39)38-22-10-6-11-23-38/h6,8-9,12-21,27-28H,5,7,10-11,22-26H2,1-4H3,(H,40,41);5,7-9,13-21,25-26H,2-4,6,10-12,22-24H2,1H3,(H,36,37)/b15-12+,37-34?;15-9+,35-32?. The molecule has 0 radical (unpaired) electrons. The van der Waals surface area contributed by atoms with Gasteiger partial charge in [0.1, 0.15) is 23.7 Å². The summed E-state index contributed by atoms with van der Waals surface area (Å²) in [5.74, 6) is 1.73. The van der Waals surface area contributed by atoms with Gasteiger partial charge in [0, 0.05) is 49.6 Å². The van der Waals surface area contributed by atoms with Crippen molar-refractivity contribution in [1.29, 1.82) is 0 Å². The Labute approximate surface area is 513 Å². The monoisotopic (exact) mass is 1170 g/mol. The Morgan fingerprint density at radius 3 is 1.44 bits per heavy atom. The molecule has 4 heterocycles. The van der Waals surface area contributed by atoms with E-state index in [-0.39, 0.29) is 25.0 Å². The van der Waals surface area contributed by atoms with E-state index in [1.165, 1.54) is 45.4 Å². The van der Waals surface area contributed by atoms with Crippen LogP contribution in [0.5, 0.6) is 11.5 Å². The van der Waals surface area contributed by atoms with E-state index >= 15 is 0 Å². The minimum absolute atomic E-state index is 0.0122. The first-order valence-electron chi connectivity index (χ1n) is 31.2. The number of benzene rings is 6. The van der Waals surface area contributed by atoms with Crippen LogP contribution in [0.2, 0.25) is 0 Å². The minimum Gasteiger partial charge on any atom is -0.494 e. The number of aromatic nitrogens is 4. The molecule has 2 N–H and O–H groups in total. The summed E-state index contributed by atoms with van der Waals surface area (Å²) in [6.45, 7) is 14.8. The Morgan fingerprint density at radius 2 is 0.977 bits per heavy atom. The van der Waals surface area contributed by atoms with Gasteiger partial charge >= 0.3 is 6.09 Å². The number of aromatic amines is 2. The fourth-order valence-corrected chi connectivity index (χ4v) is 11.3. The number of H-pyrrole nitrogens is 2. The lowest BCUT2D eigenvalue weighted by molar-refractivity contribution is -0.127. The number of nitrogens with zero attached hydrogens (tertiary/aromatic N) is 5. The van der Waals surface area contributed by atoms with Gasteiger partial charge in [-0.25, -0.2) is 4.79 Å². The highest BCUT2D eigenvalue weighted by atomic mass is 16.6. The van der Waals surface area contributed by atoms with E-state index in [0.717, 1.165) is 135 Å². The number of piperidine rings is 2. The van der Waals surface area contributed by atoms with Gasteiger partial charge in [-0.05, 0) is 202 Å². The summed E-state index contributed by atoms with van der Waals surface area (Å²) in [5, 5.41) is 16.7. The van der Waals surface area contributed by atoms with Crippen LogP contribution in [-0.2, 0) is 14.3 Å². The maximum atomic E-state index is 13.0. The molecule has 2 aliphatic heterocycles. The Kier molecular flexibility index (Phi) is 22.6. The van der Waals surface area contributed by atoms with Crippen molar-refractivity contribution < 1.29 is 28.6 Å². The number of carbonyl (C=O) groups excluding carboxylic acids is 3. The predicted octanol–water partition coefficient (Wildman–Crippen LogP) is 16.2. The molecule has 13 heteroatoms. The Morgan fingerprint density at radius 1 is 0.529 bits per heavy atom. The summed E-state index contributed by atoms with van der Waals surface area (Å²) in [4.78, 5) is 43.2. The van der Waals surface area contributed by atoms with Crippen LogP contribution in [0.15, 0.2) is 182 Å². The van der Waals surface area contributed by atoms with E-state index in [9.17, 15) is 14.4 Å². The molecule has 2 fully saturated rings. The maximum absolute atomic E-state index is 13.0. The highest BCUT2D eigenvalue weighted by Crippen LogP contribution is 2.38. The van der Waals surface area contributed by atoms with Crippen LogP contribution in [-0.4, -0.2) is 111 Å². The summed E-state index contributed by atoms with van der Waals surface area (Å²) >= 11 is 0. The lowest BCUT2D eigenvalue weighted by Crippen LogP contribution is -2.39. The minimum atomic E-state index is -0.635. The van der Waals surface area contributed by atoms with Crippen LogP contribution >= 0.6 is 0 Å². The highest BCUT2D eigenvalue weighted by Gasteiger charge is 2.23. The van der Waals surface area contributed by atoms with Crippen molar-refractivity contribution in [1.82, 2.24) is 35.1 Å². The largest absolute Gasteiger partial charge is 0.494 e. The molecular formula is C74H85N7O6. The van der Waals surface area contributed by atoms with E-state index < -0.39 is 11.7 Å². The summed E-state index contributed by atoms with van der Waals surface area (Å²) in [7, 11) is 0. The van der Waals surface area contributed by atoms with Crippen molar-refractivity contribution >= 4 is 62.0 Å². The van der Waals surface area contributed by atoms with E-state index in [0.29, 0.717) is 18.9 Å². The third kappa shape index (κ3) is 17.8. The molecule has 8 aromatic rings. The lowest BCUT2D eigenvalue weighted by atomic mass is 9.88. The molecule has 6 aromatic carbocycles. The van der Waals surface area contributed by atoms with Crippen LogP contribution in [0.1, 0.15) is 139 Å². The van der Waals surface area contributed by atoms with E-state index in [1.807, 2.05) is 67.2 Å². The van der Waals surface area contributed by atoms with Gasteiger partial charge in [0.15, 0.2) is 0 Å². The summed E-state index contributed by atoms with van der Waals surface area (Å²) in [5.41, 5.74) is 13.3. The molecule has 0 aliphatic carbocycles. The van der Waals surface area contributed by atoms with Gasteiger partial charge in [-0.15, -0.1) is 0 Å². The van der Waals surface area contributed by atoms with Crippen LogP contribution in [0, 0.1) is 0 Å². The van der Waals surface area contributed by atoms with Crippen molar-refractivity contribution in [3.8, 4) is 11.5 Å². The molecule has 2 aromatic heterocycles. The normalized spacial score (nSPS) is 14.4. The maximum Gasteiger partial charge on any atom is 0.410 e. The molecule has 10 rings (SSSR count). The second-order valence-electron chi connectivity index (χ2n) is 23.2. The van der Waals surface area contributed by atoms with Crippen molar-refractivity contribution in [3.63, 3.8) is 0 Å². The van der Waals surface area contributed by atoms with Gasteiger partial charge in [0.05, 0.1) is 36.6 Å². The molecule has 0 bridgehead atoms. The number of hydrogen-bond acceptors (Lipinski definition) is 8. The Hall–Kier alpha value is -8.97. The topological polar surface area (TPSA) is 146 Å². The summed E-state index contributed by atoms with van der Waals surface area (Å²) < 4.78 is 17.8. The first-order chi connectivity index (χ1) is 42.4. The van der Waals surface area contributed by atoms with Crippen molar-refractivity contribution in [3.05, 3.63) is 216 Å². The lowest BCUT2D eigenvalue weighted by Gasteiger charge is -2.27. The van der Waals surface area contributed by atoms with Gasteiger partial charge < -0.3 is 28.9 Å². The molecule has 452 valence electrons. The van der Waals surface area contributed by atoms with Crippen LogP contribution < -0.4 is 9.47 Å². The van der Waals surface area contributed by atoms with E-state index in [1.54, 1.807) is 23.1 Å². The van der Waals surface area contributed by atoms with Crippen molar-refractivity contribution in [2.45, 2.75) is 111 Å². The zero-order valence-corrected chi connectivity index (χ0v) is 51.4. The first kappa shape index (κ1) is 62.6. The molecule has 2 aliphatic rings. The summed E-state index contributed by atoms with van der Waals surface area (Å²) in [6, 6.07) is 50.6. The predicted molar refractivity (Wildman–Crippen MR) is 352 cm³/mol. The van der Waals surface area contributed by atoms with Gasteiger partial charge in [0.25, 0.3) is 0 Å². The van der Waals surface area contributed by atoms with Gasteiger partial charge in [-0.2, -0.15) is 10.2 Å². The van der Waals surface area contributed by atoms with Gasteiger partial charge in [-0.3, -0.25) is 19.8 Å². The number of allylic oxidation sites excluding steroid dienone is 3. The molecule has 0 unspecified atom stereocenters. The van der Waals surface area contributed by atoms with E-state index in [4.69, 9.17) is 14.2 Å².